The highest BCUT2D eigenvalue weighted by Gasteiger charge is 2.38. The van der Waals surface area contributed by atoms with Gasteiger partial charge >= 0.3 is 0 Å². The van der Waals surface area contributed by atoms with Gasteiger partial charge in [0.25, 0.3) is 0 Å². The molecule has 5 aromatic carbocycles. The molecule has 0 amide bonds. The van der Waals surface area contributed by atoms with Gasteiger partial charge in [-0.05, 0) is 125 Å². The molecule has 0 bridgehead atoms. The molecule has 7 rings (SSSR count). The molecule has 0 spiro atoms. The monoisotopic (exact) mass is 878 g/mol. The minimum atomic E-state index is -1.65. The molecule has 0 atom stereocenters. The van der Waals surface area contributed by atoms with Crippen LogP contribution in [0, 0.1) is 0 Å². The Hall–Kier alpha value is -5.58. The second-order valence-electron chi connectivity index (χ2n) is 15.9. The Morgan fingerprint density at radius 2 is 1.37 bits per heavy atom. The van der Waals surface area contributed by atoms with Crippen LogP contribution in [0.2, 0.25) is 19.6 Å². The van der Waals surface area contributed by atoms with Crippen LogP contribution in [0.3, 0.4) is 0 Å². The summed E-state index contributed by atoms with van der Waals surface area (Å²) in [6.07, 6.45) is 5.91. The van der Waals surface area contributed by atoms with Gasteiger partial charge in [-0.25, -0.2) is 0 Å². The highest BCUT2D eigenvalue weighted by atomic mass is 79.9. The summed E-state index contributed by atoms with van der Waals surface area (Å²) in [5.74, 6) is 1.43. The Bertz CT molecular complexity index is 2520. The molecule has 0 aliphatic heterocycles. The van der Waals surface area contributed by atoms with Gasteiger partial charge in [-0.1, -0.05) is 103 Å². The molecule has 0 aliphatic carbocycles. The first-order chi connectivity index (χ1) is 29.0. The number of benzene rings is 5. The predicted octanol–water partition coefficient (Wildman–Crippen LogP) is 12.4. The SMILES string of the molecule is COc1ccc(C(OCC/C(C)=C\C(=O)c2c(Br)c3ccc(-c4cccnc4)cc3n2Cc2ccc(CO[Si](C)(C)C)cc2)(c2ccccc2)c2ccc(OC)cc2)cc1. The van der Waals surface area contributed by atoms with E-state index < -0.39 is 13.9 Å². The summed E-state index contributed by atoms with van der Waals surface area (Å²) in [6.45, 7) is 10.0. The zero-order valence-electron chi connectivity index (χ0n) is 35.1. The van der Waals surface area contributed by atoms with Crippen molar-refractivity contribution in [1.29, 1.82) is 0 Å². The number of carbonyl (C=O) groups excluding carboxylic acids is 1. The number of carbonyl (C=O) groups is 1. The zero-order chi connectivity index (χ0) is 42.3. The lowest BCUT2D eigenvalue weighted by Crippen LogP contribution is -2.33. The van der Waals surface area contributed by atoms with Crippen molar-refractivity contribution in [2.45, 2.75) is 51.7 Å². The molecule has 0 aliphatic rings. The highest BCUT2D eigenvalue weighted by molar-refractivity contribution is 9.10. The average Bonchev–Trinajstić information content (AvgIpc) is 3.55. The minimum absolute atomic E-state index is 0.0849. The smallest absolute Gasteiger partial charge is 0.203 e. The van der Waals surface area contributed by atoms with Crippen LogP contribution >= 0.6 is 15.9 Å². The summed E-state index contributed by atoms with van der Waals surface area (Å²) in [6, 6.07) is 45.1. The third kappa shape index (κ3) is 9.56. The summed E-state index contributed by atoms with van der Waals surface area (Å²) < 4.78 is 27.2. The molecule has 7 aromatic rings. The van der Waals surface area contributed by atoms with Crippen LogP contribution < -0.4 is 9.47 Å². The quantitative estimate of drug-likeness (QED) is 0.0393. The number of hydrogen-bond acceptors (Lipinski definition) is 6. The standard InChI is InChI=1S/C51H51BrN2O5Si/c1-36(28-30-58-51(41-12-8-7-9-13-41,42-19-23-44(56-2)24-20-42)43-21-25-45(57-3)26-22-43)31-48(55)50-49(52)46-27-18-39(40-11-10-29-53-33-40)32-47(46)54(50)34-37-14-16-38(17-15-37)35-59-60(4,5)6/h7-27,29,31-33H,28,30,34-35H2,1-6H3/b36-31-. The van der Waals surface area contributed by atoms with E-state index in [9.17, 15) is 4.79 Å². The average molecular weight is 880 g/mol. The van der Waals surface area contributed by atoms with Gasteiger partial charge in [0.05, 0.1) is 37.4 Å². The first kappa shape index (κ1) is 42.5. The van der Waals surface area contributed by atoms with Crippen molar-refractivity contribution in [1.82, 2.24) is 9.55 Å². The molecule has 0 N–H and O–H groups in total. The Labute approximate surface area is 362 Å². The maximum absolute atomic E-state index is 14.6. The number of ketones is 1. The van der Waals surface area contributed by atoms with Crippen LogP contribution in [0.15, 0.2) is 162 Å². The number of nitrogens with zero attached hydrogens (tertiary/aromatic N) is 2. The van der Waals surface area contributed by atoms with Crippen molar-refractivity contribution in [2.24, 2.45) is 0 Å². The van der Waals surface area contributed by atoms with E-state index in [1.807, 2.05) is 92.0 Å². The summed E-state index contributed by atoms with van der Waals surface area (Å²) >= 11 is 3.88. The summed E-state index contributed by atoms with van der Waals surface area (Å²) in [4.78, 5) is 18.9. The first-order valence-corrected chi connectivity index (χ1v) is 24.3. The molecule has 0 radical (unpaired) electrons. The lowest BCUT2D eigenvalue weighted by molar-refractivity contribution is 0.0147. The number of ether oxygens (including phenoxy) is 3. The van der Waals surface area contributed by atoms with Gasteiger partial charge < -0.3 is 23.2 Å². The minimum Gasteiger partial charge on any atom is -0.497 e. The van der Waals surface area contributed by atoms with E-state index in [1.54, 1.807) is 26.5 Å². The van der Waals surface area contributed by atoms with Crippen molar-refractivity contribution in [3.8, 4) is 22.6 Å². The number of rotatable bonds is 17. The molecule has 0 fully saturated rings. The number of halogens is 1. The highest BCUT2D eigenvalue weighted by Crippen LogP contribution is 2.42. The zero-order valence-corrected chi connectivity index (χ0v) is 37.7. The third-order valence-electron chi connectivity index (χ3n) is 10.6. The number of pyridine rings is 1. The molecule has 0 saturated carbocycles. The summed E-state index contributed by atoms with van der Waals surface area (Å²) in [5, 5.41) is 0.965. The fraction of sp³-hybridized carbons (Fsp3) is 0.216. The second kappa shape index (κ2) is 18.8. The second-order valence-corrected chi connectivity index (χ2v) is 21.2. The van der Waals surface area contributed by atoms with Crippen LogP contribution in [0.25, 0.3) is 22.0 Å². The van der Waals surface area contributed by atoms with Crippen LogP contribution in [0.1, 0.15) is 51.7 Å². The molecule has 7 nitrogen and oxygen atoms in total. The van der Waals surface area contributed by atoms with E-state index in [2.05, 4.69) is 99.7 Å². The Balaban J connectivity index is 1.22. The molecule has 0 saturated heterocycles. The number of allylic oxidation sites excluding steroid dienone is 1. The molecule has 60 heavy (non-hydrogen) atoms. The van der Waals surface area contributed by atoms with E-state index in [0.29, 0.717) is 31.9 Å². The lowest BCUT2D eigenvalue weighted by Gasteiger charge is -2.36. The van der Waals surface area contributed by atoms with Crippen molar-refractivity contribution >= 4 is 40.9 Å². The molecule has 2 heterocycles. The van der Waals surface area contributed by atoms with E-state index >= 15 is 0 Å². The maximum atomic E-state index is 14.6. The molecular weight excluding hydrogens is 829 g/mol. The fourth-order valence-corrected chi connectivity index (χ4v) is 8.80. The molecule has 2 aromatic heterocycles. The Kier molecular flexibility index (Phi) is 13.3. The van der Waals surface area contributed by atoms with E-state index in [-0.39, 0.29) is 5.78 Å². The molecule has 0 unspecified atom stereocenters. The predicted molar refractivity (Wildman–Crippen MR) is 248 cm³/mol. The van der Waals surface area contributed by atoms with Gasteiger partial charge in [0.15, 0.2) is 8.32 Å². The fourth-order valence-electron chi connectivity index (χ4n) is 7.45. The van der Waals surface area contributed by atoms with E-state index in [1.165, 1.54) is 0 Å². The van der Waals surface area contributed by atoms with Crippen molar-refractivity contribution < 1.29 is 23.4 Å². The number of hydrogen-bond donors (Lipinski definition) is 0. The van der Waals surface area contributed by atoms with Crippen molar-refractivity contribution in [2.75, 3.05) is 20.8 Å². The van der Waals surface area contributed by atoms with E-state index in [4.69, 9.17) is 18.6 Å². The number of fused-ring (bicyclic) bond motifs is 1. The van der Waals surface area contributed by atoms with Crippen molar-refractivity contribution in [3.05, 3.63) is 195 Å². The van der Waals surface area contributed by atoms with Gasteiger partial charge in [-0.2, -0.15) is 0 Å². The summed E-state index contributed by atoms with van der Waals surface area (Å²) in [7, 11) is 1.67. The lowest BCUT2D eigenvalue weighted by atomic mass is 9.80. The Morgan fingerprint density at radius 1 is 0.750 bits per heavy atom. The van der Waals surface area contributed by atoms with Gasteiger partial charge in [0.2, 0.25) is 5.78 Å². The van der Waals surface area contributed by atoms with Gasteiger partial charge in [0.1, 0.15) is 22.8 Å². The van der Waals surface area contributed by atoms with E-state index in [0.717, 1.165) is 71.4 Å². The van der Waals surface area contributed by atoms with Crippen LogP contribution in [0.4, 0.5) is 0 Å². The maximum Gasteiger partial charge on any atom is 0.203 e. The molecular formula is C51H51BrN2O5Si. The van der Waals surface area contributed by atoms with Gasteiger partial charge in [-0.15, -0.1) is 0 Å². The van der Waals surface area contributed by atoms with Gasteiger partial charge in [-0.3, -0.25) is 9.78 Å². The van der Waals surface area contributed by atoms with Crippen LogP contribution in [-0.4, -0.2) is 44.5 Å². The topological polar surface area (TPSA) is 71.8 Å². The van der Waals surface area contributed by atoms with Gasteiger partial charge in [0, 0.05) is 29.9 Å². The van der Waals surface area contributed by atoms with Crippen LogP contribution in [-0.2, 0) is 27.9 Å². The number of methoxy groups -OCH3 is 2. The third-order valence-corrected chi connectivity index (χ3v) is 12.4. The normalized spacial score (nSPS) is 12.2. The molecule has 9 heteroatoms. The Morgan fingerprint density at radius 3 is 1.95 bits per heavy atom. The largest absolute Gasteiger partial charge is 0.497 e. The first-order valence-electron chi connectivity index (χ1n) is 20.1. The van der Waals surface area contributed by atoms with Crippen LogP contribution in [0.5, 0.6) is 11.5 Å². The summed E-state index contributed by atoms with van der Waals surface area (Å²) in [5.41, 5.74) is 8.63. The number of aromatic nitrogens is 2. The van der Waals surface area contributed by atoms with Crippen molar-refractivity contribution in [3.63, 3.8) is 0 Å². The molecule has 306 valence electrons.